The quantitative estimate of drug-likeness (QED) is 0.875. The summed E-state index contributed by atoms with van der Waals surface area (Å²) in [4.78, 5) is 1.09. The van der Waals surface area contributed by atoms with Gasteiger partial charge in [-0.3, -0.25) is 0 Å². The highest BCUT2D eigenvalue weighted by Crippen LogP contribution is 2.35. The van der Waals surface area contributed by atoms with E-state index < -0.39 is 0 Å². The lowest BCUT2D eigenvalue weighted by molar-refractivity contribution is 0.245. The molecular weight excluding hydrogens is 298 g/mol. The van der Waals surface area contributed by atoms with E-state index in [1.165, 1.54) is 24.2 Å². The van der Waals surface area contributed by atoms with Crippen LogP contribution in [0.15, 0.2) is 10.5 Å². The topological polar surface area (TPSA) is 32.3 Å². The molecule has 0 radical (unpaired) electrons. The van der Waals surface area contributed by atoms with Gasteiger partial charge in [-0.05, 0) is 47.3 Å². The zero-order chi connectivity index (χ0) is 10.8. The number of aliphatic hydroxyl groups excluding tert-OH is 1. The summed E-state index contributed by atoms with van der Waals surface area (Å²) >= 11 is 10.9. The maximum Gasteiger partial charge on any atom is 0.107 e. The Bertz CT molecular complexity index is 321. The summed E-state index contributed by atoms with van der Waals surface area (Å²) in [6.45, 7) is 1.12. The first-order chi connectivity index (χ1) is 7.20. The first kappa shape index (κ1) is 11.9. The summed E-state index contributed by atoms with van der Waals surface area (Å²) < 4.78 is 1.66. The highest BCUT2D eigenvalue weighted by atomic mass is 79.9. The van der Waals surface area contributed by atoms with Gasteiger partial charge in [0.15, 0.2) is 0 Å². The Morgan fingerprint density at radius 3 is 2.87 bits per heavy atom. The Balaban J connectivity index is 1.97. The molecule has 5 heteroatoms. The molecule has 2 nitrogen and oxygen atoms in total. The molecule has 1 heterocycles. The SMILES string of the molecule is OCC(NCC1CC1)c1cc(Br)c(Cl)s1. The van der Waals surface area contributed by atoms with Crippen molar-refractivity contribution in [1.29, 1.82) is 0 Å². The van der Waals surface area contributed by atoms with Crippen molar-refractivity contribution >= 4 is 38.9 Å². The zero-order valence-corrected chi connectivity index (χ0v) is 11.3. The van der Waals surface area contributed by atoms with Gasteiger partial charge in [-0.2, -0.15) is 0 Å². The van der Waals surface area contributed by atoms with Gasteiger partial charge in [-0.1, -0.05) is 11.6 Å². The molecule has 1 unspecified atom stereocenters. The third-order valence-electron chi connectivity index (χ3n) is 2.54. The van der Waals surface area contributed by atoms with Gasteiger partial charge in [-0.25, -0.2) is 0 Å². The standard InChI is InChI=1S/C10H13BrClNOS/c11-7-3-9(15-10(7)12)8(5-14)13-4-6-1-2-6/h3,6,8,13-14H,1-2,4-5H2. The average molecular weight is 311 g/mol. The second-order valence-corrected chi connectivity index (χ2v) is 6.40. The summed E-state index contributed by atoms with van der Waals surface area (Å²) in [6, 6.07) is 2.01. The number of halogens is 2. The Hall–Kier alpha value is 0.390. The number of aliphatic hydroxyl groups is 1. The van der Waals surface area contributed by atoms with E-state index >= 15 is 0 Å². The monoisotopic (exact) mass is 309 g/mol. The molecule has 0 aliphatic heterocycles. The Kier molecular flexibility index (Phi) is 4.07. The molecule has 1 aliphatic rings. The van der Waals surface area contributed by atoms with Crippen molar-refractivity contribution in [3.63, 3.8) is 0 Å². The van der Waals surface area contributed by atoms with Crippen LogP contribution in [0.2, 0.25) is 4.34 Å². The van der Waals surface area contributed by atoms with Crippen LogP contribution in [0.4, 0.5) is 0 Å². The fourth-order valence-electron chi connectivity index (χ4n) is 1.42. The highest BCUT2D eigenvalue weighted by molar-refractivity contribution is 9.10. The second kappa shape index (κ2) is 5.15. The second-order valence-electron chi connectivity index (χ2n) is 3.86. The minimum Gasteiger partial charge on any atom is -0.394 e. The van der Waals surface area contributed by atoms with Gasteiger partial charge in [0.2, 0.25) is 0 Å². The van der Waals surface area contributed by atoms with Crippen molar-refractivity contribution in [1.82, 2.24) is 5.32 Å². The molecule has 1 aromatic heterocycles. The number of hydrogen-bond acceptors (Lipinski definition) is 3. The summed E-state index contributed by atoms with van der Waals surface area (Å²) in [7, 11) is 0. The van der Waals surface area contributed by atoms with Crippen molar-refractivity contribution in [3.05, 3.63) is 19.8 Å². The van der Waals surface area contributed by atoms with Crippen LogP contribution in [0.3, 0.4) is 0 Å². The average Bonchev–Trinajstić information content (AvgIpc) is 2.96. The Morgan fingerprint density at radius 1 is 1.67 bits per heavy atom. The van der Waals surface area contributed by atoms with Gasteiger partial charge >= 0.3 is 0 Å². The molecule has 1 aliphatic carbocycles. The lowest BCUT2D eigenvalue weighted by atomic mass is 10.2. The summed E-state index contributed by atoms with van der Waals surface area (Å²) in [6.07, 6.45) is 2.64. The Morgan fingerprint density at radius 2 is 2.40 bits per heavy atom. The van der Waals surface area contributed by atoms with Crippen LogP contribution in [0.25, 0.3) is 0 Å². The number of thiophene rings is 1. The molecule has 1 atom stereocenters. The third kappa shape index (κ3) is 3.17. The molecular formula is C10H13BrClNOS. The molecule has 2 rings (SSSR count). The summed E-state index contributed by atoms with van der Waals surface area (Å²) in [5.41, 5.74) is 0. The molecule has 15 heavy (non-hydrogen) atoms. The maximum absolute atomic E-state index is 9.30. The van der Waals surface area contributed by atoms with Crippen molar-refractivity contribution in [2.24, 2.45) is 5.92 Å². The van der Waals surface area contributed by atoms with Crippen LogP contribution >= 0.6 is 38.9 Å². The van der Waals surface area contributed by atoms with Crippen LogP contribution in [-0.2, 0) is 0 Å². The van der Waals surface area contributed by atoms with Crippen LogP contribution in [-0.4, -0.2) is 18.3 Å². The van der Waals surface area contributed by atoms with Crippen LogP contribution in [0.5, 0.6) is 0 Å². The largest absolute Gasteiger partial charge is 0.394 e. The van der Waals surface area contributed by atoms with Crippen LogP contribution in [0, 0.1) is 5.92 Å². The molecule has 0 aromatic carbocycles. The van der Waals surface area contributed by atoms with E-state index in [4.69, 9.17) is 11.6 Å². The van der Waals surface area contributed by atoms with E-state index in [0.717, 1.165) is 26.1 Å². The van der Waals surface area contributed by atoms with E-state index in [9.17, 15) is 5.11 Å². The predicted octanol–water partition coefficient (Wildman–Crippen LogP) is 3.20. The molecule has 0 amide bonds. The first-order valence-electron chi connectivity index (χ1n) is 4.99. The summed E-state index contributed by atoms with van der Waals surface area (Å²) in [5.74, 6) is 0.818. The fourth-order valence-corrected chi connectivity index (χ4v) is 3.22. The van der Waals surface area contributed by atoms with E-state index in [0.29, 0.717) is 0 Å². The van der Waals surface area contributed by atoms with E-state index in [-0.39, 0.29) is 12.6 Å². The molecule has 1 aromatic rings. The molecule has 0 saturated heterocycles. The highest BCUT2D eigenvalue weighted by Gasteiger charge is 2.23. The van der Waals surface area contributed by atoms with Gasteiger partial charge in [-0.15, -0.1) is 11.3 Å². The molecule has 1 saturated carbocycles. The minimum atomic E-state index is 0.0272. The molecule has 0 bridgehead atoms. The Labute approximate surface area is 107 Å². The fraction of sp³-hybridized carbons (Fsp3) is 0.600. The first-order valence-corrected chi connectivity index (χ1v) is 6.98. The van der Waals surface area contributed by atoms with E-state index in [1.807, 2.05) is 6.07 Å². The van der Waals surface area contributed by atoms with Crippen LogP contribution in [0.1, 0.15) is 23.8 Å². The summed E-state index contributed by atoms with van der Waals surface area (Å²) in [5, 5.41) is 12.7. The van der Waals surface area contributed by atoms with Gasteiger partial charge < -0.3 is 10.4 Å². The van der Waals surface area contributed by atoms with Gasteiger partial charge in [0, 0.05) is 9.35 Å². The zero-order valence-electron chi connectivity index (χ0n) is 8.17. The molecule has 1 fully saturated rings. The van der Waals surface area contributed by atoms with Crippen molar-refractivity contribution in [2.75, 3.05) is 13.2 Å². The smallest absolute Gasteiger partial charge is 0.107 e. The lowest BCUT2D eigenvalue weighted by Gasteiger charge is -2.13. The van der Waals surface area contributed by atoms with Gasteiger partial charge in [0.05, 0.1) is 12.6 Å². The molecule has 0 spiro atoms. The maximum atomic E-state index is 9.30. The van der Waals surface area contributed by atoms with Crippen molar-refractivity contribution in [2.45, 2.75) is 18.9 Å². The third-order valence-corrected chi connectivity index (χ3v) is 5.13. The normalized spacial score (nSPS) is 18.1. The van der Waals surface area contributed by atoms with Gasteiger partial charge in [0.25, 0.3) is 0 Å². The van der Waals surface area contributed by atoms with Gasteiger partial charge in [0.1, 0.15) is 4.34 Å². The van der Waals surface area contributed by atoms with E-state index in [1.54, 1.807) is 0 Å². The van der Waals surface area contributed by atoms with Crippen molar-refractivity contribution < 1.29 is 5.11 Å². The minimum absolute atomic E-state index is 0.0272. The van der Waals surface area contributed by atoms with Crippen molar-refractivity contribution in [3.8, 4) is 0 Å². The number of rotatable bonds is 5. The molecule has 2 N–H and O–H groups in total. The van der Waals surface area contributed by atoms with E-state index in [2.05, 4.69) is 21.2 Å². The predicted molar refractivity (Wildman–Crippen MR) is 67.6 cm³/mol. The number of nitrogens with one attached hydrogen (secondary N) is 1. The number of hydrogen-bond donors (Lipinski definition) is 2. The molecule has 84 valence electrons. The van der Waals surface area contributed by atoms with Crippen LogP contribution < -0.4 is 5.32 Å². The lowest BCUT2D eigenvalue weighted by Crippen LogP contribution is -2.25.